The largest absolute Gasteiger partial charge is 0.508 e. The standard InChI is InChI=1S/C18H14N2O4S/c1-20(14-8-3-2-7-13(14)17(23)24)18-19-16(22)15(25-18)10-11-5-4-6-12(21)9-11/h2-10,21H,1H3,(H,23,24)/b15-10-. The van der Waals surface area contributed by atoms with Gasteiger partial charge >= 0.3 is 5.97 Å². The molecule has 0 bridgehead atoms. The van der Waals surface area contributed by atoms with Gasteiger partial charge in [0.1, 0.15) is 5.75 Å². The summed E-state index contributed by atoms with van der Waals surface area (Å²) in [5.41, 5.74) is 1.26. The third-order valence-corrected chi connectivity index (χ3v) is 4.62. The van der Waals surface area contributed by atoms with Crippen LogP contribution in [0.3, 0.4) is 0 Å². The molecule has 0 aliphatic carbocycles. The molecule has 1 aliphatic rings. The lowest BCUT2D eigenvalue weighted by Gasteiger charge is -2.19. The Hall–Kier alpha value is -3.06. The molecule has 2 aromatic carbocycles. The van der Waals surface area contributed by atoms with Crippen molar-refractivity contribution in [2.24, 2.45) is 4.99 Å². The van der Waals surface area contributed by atoms with Crippen LogP contribution in [0.5, 0.6) is 5.75 Å². The first-order chi connectivity index (χ1) is 12.0. The normalized spacial score (nSPS) is 15.3. The molecular formula is C18H14N2O4S. The zero-order chi connectivity index (χ0) is 18.0. The van der Waals surface area contributed by atoms with E-state index in [9.17, 15) is 19.8 Å². The molecule has 0 saturated heterocycles. The fourth-order valence-electron chi connectivity index (χ4n) is 2.36. The molecule has 2 N–H and O–H groups in total. The molecule has 6 nitrogen and oxygen atoms in total. The van der Waals surface area contributed by atoms with Gasteiger partial charge in [-0.3, -0.25) is 4.79 Å². The zero-order valence-corrected chi connectivity index (χ0v) is 14.0. The van der Waals surface area contributed by atoms with Crippen LogP contribution in [-0.4, -0.2) is 34.3 Å². The molecule has 25 heavy (non-hydrogen) atoms. The molecule has 1 amide bonds. The van der Waals surface area contributed by atoms with Crippen LogP contribution in [0.2, 0.25) is 0 Å². The minimum atomic E-state index is -1.05. The lowest BCUT2D eigenvalue weighted by molar-refractivity contribution is -0.113. The molecule has 0 unspecified atom stereocenters. The van der Waals surface area contributed by atoms with Gasteiger partial charge in [0.05, 0.1) is 16.2 Å². The quantitative estimate of drug-likeness (QED) is 0.823. The van der Waals surface area contributed by atoms with Gasteiger partial charge in [-0.25, -0.2) is 4.79 Å². The Morgan fingerprint density at radius 3 is 2.68 bits per heavy atom. The highest BCUT2D eigenvalue weighted by atomic mass is 32.2. The fraction of sp³-hybridized carbons (Fsp3) is 0.0556. The van der Waals surface area contributed by atoms with E-state index in [1.807, 2.05) is 0 Å². The number of aromatic carboxylic acids is 1. The topological polar surface area (TPSA) is 90.2 Å². The average Bonchev–Trinajstić information content (AvgIpc) is 2.95. The predicted molar refractivity (Wildman–Crippen MR) is 97.9 cm³/mol. The summed E-state index contributed by atoms with van der Waals surface area (Å²) in [6.07, 6.45) is 1.64. The minimum Gasteiger partial charge on any atom is -0.508 e. The lowest BCUT2D eigenvalue weighted by atomic mass is 10.1. The van der Waals surface area contributed by atoms with Crippen molar-refractivity contribution in [1.29, 1.82) is 0 Å². The predicted octanol–water partition coefficient (Wildman–Crippen LogP) is 3.20. The van der Waals surface area contributed by atoms with E-state index in [4.69, 9.17) is 0 Å². The summed E-state index contributed by atoms with van der Waals surface area (Å²) < 4.78 is 0. The van der Waals surface area contributed by atoms with Crippen LogP contribution in [0, 0.1) is 0 Å². The first-order valence-corrected chi connectivity index (χ1v) is 8.15. The molecule has 126 valence electrons. The van der Waals surface area contributed by atoms with Gasteiger partial charge in [0.25, 0.3) is 5.91 Å². The van der Waals surface area contributed by atoms with Gasteiger partial charge in [0.15, 0.2) is 5.17 Å². The van der Waals surface area contributed by atoms with Crippen molar-refractivity contribution in [3.8, 4) is 5.75 Å². The number of aliphatic imine (C=N–C) groups is 1. The molecule has 0 radical (unpaired) electrons. The highest BCUT2D eigenvalue weighted by molar-refractivity contribution is 8.18. The number of amidine groups is 1. The zero-order valence-electron chi connectivity index (χ0n) is 13.2. The van der Waals surface area contributed by atoms with Gasteiger partial charge in [0, 0.05) is 7.05 Å². The fourth-order valence-corrected chi connectivity index (χ4v) is 3.25. The summed E-state index contributed by atoms with van der Waals surface area (Å²) in [5.74, 6) is -1.34. The molecule has 3 rings (SSSR count). The lowest BCUT2D eigenvalue weighted by Crippen LogP contribution is -2.24. The molecule has 2 aromatic rings. The second-order valence-electron chi connectivity index (χ2n) is 5.29. The summed E-state index contributed by atoms with van der Waals surface area (Å²) in [6, 6.07) is 13.1. The van der Waals surface area contributed by atoms with Crippen LogP contribution in [0.4, 0.5) is 5.69 Å². The van der Waals surface area contributed by atoms with Crippen LogP contribution in [0.25, 0.3) is 6.08 Å². The number of phenolic OH excluding ortho intramolecular Hbond substituents is 1. The van der Waals surface area contributed by atoms with Crippen LogP contribution in [0.15, 0.2) is 58.4 Å². The minimum absolute atomic E-state index is 0.110. The van der Waals surface area contributed by atoms with E-state index in [-0.39, 0.29) is 11.3 Å². The summed E-state index contributed by atoms with van der Waals surface area (Å²) in [7, 11) is 1.66. The Labute approximate surface area is 148 Å². The number of amides is 1. The number of para-hydroxylation sites is 1. The highest BCUT2D eigenvalue weighted by Gasteiger charge is 2.26. The first-order valence-electron chi connectivity index (χ1n) is 7.33. The van der Waals surface area contributed by atoms with Gasteiger partial charge in [-0.05, 0) is 47.7 Å². The third-order valence-electron chi connectivity index (χ3n) is 3.56. The number of anilines is 1. The van der Waals surface area contributed by atoms with Crippen molar-refractivity contribution in [3.63, 3.8) is 0 Å². The monoisotopic (exact) mass is 354 g/mol. The van der Waals surface area contributed by atoms with Crippen LogP contribution in [0.1, 0.15) is 15.9 Å². The summed E-state index contributed by atoms with van der Waals surface area (Å²) >= 11 is 1.16. The number of carbonyl (C=O) groups excluding carboxylic acids is 1. The number of carbonyl (C=O) groups is 2. The van der Waals surface area contributed by atoms with Crippen molar-refractivity contribution in [1.82, 2.24) is 0 Å². The molecule has 0 fully saturated rings. The maximum atomic E-state index is 12.1. The SMILES string of the molecule is CN(C1=NC(=O)/C(=C/c2cccc(O)c2)S1)c1ccccc1C(=O)O. The Balaban J connectivity index is 1.87. The Morgan fingerprint density at radius 1 is 1.20 bits per heavy atom. The summed E-state index contributed by atoms with van der Waals surface area (Å²) in [6.45, 7) is 0. The van der Waals surface area contributed by atoms with Gasteiger partial charge in [-0.1, -0.05) is 24.3 Å². The van der Waals surface area contributed by atoms with Crippen molar-refractivity contribution in [2.45, 2.75) is 0 Å². The van der Waals surface area contributed by atoms with Gasteiger partial charge in [-0.15, -0.1) is 0 Å². The van der Waals surface area contributed by atoms with E-state index in [1.54, 1.807) is 60.5 Å². The number of rotatable bonds is 3. The van der Waals surface area contributed by atoms with E-state index >= 15 is 0 Å². The molecule has 1 heterocycles. The summed E-state index contributed by atoms with van der Waals surface area (Å²) in [5, 5.41) is 19.2. The van der Waals surface area contributed by atoms with Gasteiger partial charge in [0.2, 0.25) is 0 Å². The number of thioether (sulfide) groups is 1. The Bertz CT molecular complexity index is 921. The first kappa shape index (κ1) is 16.8. The van der Waals surface area contributed by atoms with Crippen LogP contribution in [-0.2, 0) is 4.79 Å². The highest BCUT2D eigenvalue weighted by Crippen LogP contribution is 2.33. The van der Waals surface area contributed by atoms with Gasteiger partial charge in [-0.2, -0.15) is 4.99 Å². The van der Waals surface area contributed by atoms with Gasteiger partial charge < -0.3 is 15.1 Å². The molecular weight excluding hydrogens is 340 g/mol. The van der Waals surface area contributed by atoms with Crippen molar-refractivity contribution >= 4 is 40.6 Å². The number of aromatic hydroxyl groups is 1. The second-order valence-corrected chi connectivity index (χ2v) is 6.30. The number of hydrogen-bond acceptors (Lipinski definition) is 5. The Kier molecular flexibility index (Phi) is 4.58. The Morgan fingerprint density at radius 2 is 1.96 bits per heavy atom. The summed E-state index contributed by atoms with van der Waals surface area (Å²) in [4.78, 5) is 29.5. The van der Waals surface area contributed by atoms with E-state index in [1.165, 1.54) is 6.07 Å². The molecule has 7 heteroatoms. The number of carboxylic acids is 1. The molecule has 1 aliphatic heterocycles. The van der Waals surface area contributed by atoms with Crippen LogP contribution < -0.4 is 4.90 Å². The van der Waals surface area contributed by atoms with Crippen molar-refractivity contribution < 1.29 is 19.8 Å². The van der Waals surface area contributed by atoms with Crippen molar-refractivity contribution in [3.05, 3.63) is 64.6 Å². The molecule has 0 saturated carbocycles. The molecule has 0 atom stereocenters. The van der Waals surface area contributed by atoms with Crippen LogP contribution >= 0.6 is 11.8 Å². The maximum Gasteiger partial charge on any atom is 0.337 e. The van der Waals surface area contributed by atoms with E-state index in [0.29, 0.717) is 21.3 Å². The van der Waals surface area contributed by atoms with E-state index < -0.39 is 11.9 Å². The van der Waals surface area contributed by atoms with E-state index in [0.717, 1.165) is 11.8 Å². The number of nitrogens with zero attached hydrogens (tertiary/aromatic N) is 2. The smallest absolute Gasteiger partial charge is 0.337 e. The number of carboxylic acid groups (broad SMARTS) is 1. The number of benzene rings is 2. The molecule has 0 aromatic heterocycles. The number of hydrogen-bond donors (Lipinski definition) is 2. The maximum absolute atomic E-state index is 12.1. The van der Waals surface area contributed by atoms with E-state index in [2.05, 4.69) is 4.99 Å². The average molecular weight is 354 g/mol. The number of phenols is 1. The van der Waals surface area contributed by atoms with Crippen molar-refractivity contribution in [2.75, 3.05) is 11.9 Å². The molecule has 0 spiro atoms. The third kappa shape index (κ3) is 3.56. The second kappa shape index (κ2) is 6.82.